The molecule has 1 heterocycles. The van der Waals surface area contributed by atoms with Gasteiger partial charge in [0, 0.05) is 17.6 Å². The molecule has 0 amide bonds. The number of hydrogen-bond donors (Lipinski definition) is 1. The van der Waals surface area contributed by atoms with E-state index in [0.717, 1.165) is 22.8 Å². The Hall–Kier alpha value is -1.81. The Balaban J connectivity index is 2.01. The van der Waals surface area contributed by atoms with E-state index in [1.165, 1.54) is 0 Å². The van der Waals surface area contributed by atoms with Crippen LogP contribution in [0.15, 0.2) is 30.3 Å². The van der Waals surface area contributed by atoms with Crippen LogP contribution in [-0.4, -0.2) is 16.6 Å². The fraction of sp³-hybridized carbons (Fsp3) is 0.333. The maximum atomic E-state index is 5.86. The van der Waals surface area contributed by atoms with Crippen molar-refractivity contribution in [1.82, 2.24) is 9.97 Å². The second-order valence-corrected chi connectivity index (χ2v) is 4.90. The van der Waals surface area contributed by atoms with E-state index in [0.29, 0.717) is 24.9 Å². The first-order chi connectivity index (χ1) is 9.67. The van der Waals surface area contributed by atoms with Gasteiger partial charge in [0.15, 0.2) is 0 Å². The summed E-state index contributed by atoms with van der Waals surface area (Å²) in [6, 6.07) is 9.54. The van der Waals surface area contributed by atoms with E-state index in [9.17, 15) is 0 Å². The lowest BCUT2D eigenvalue weighted by Crippen LogP contribution is -2.05. The van der Waals surface area contributed by atoms with E-state index in [1.807, 2.05) is 37.3 Å². The van der Waals surface area contributed by atoms with Gasteiger partial charge < -0.3 is 10.1 Å². The average Bonchev–Trinajstić information content (AvgIpc) is 2.44. The number of aromatic nitrogens is 2. The van der Waals surface area contributed by atoms with Crippen molar-refractivity contribution in [2.45, 2.75) is 26.8 Å². The predicted molar refractivity (Wildman–Crippen MR) is 81.3 cm³/mol. The van der Waals surface area contributed by atoms with Gasteiger partial charge in [-0.1, -0.05) is 30.7 Å². The Morgan fingerprint density at radius 3 is 2.65 bits per heavy atom. The van der Waals surface area contributed by atoms with E-state index in [-0.39, 0.29) is 0 Å². The van der Waals surface area contributed by atoms with Gasteiger partial charge in [-0.15, -0.1) is 0 Å². The molecular weight excluding hydrogens is 274 g/mol. The summed E-state index contributed by atoms with van der Waals surface area (Å²) in [5.74, 6) is 2.06. The molecule has 5 heteroatoms. The Kier molecular flexibility index (Phi) is 5.18. The van der Waals surface area contributed by atoms with Gasteiger partial charge in [-0.25, -0.2) is 4.98 Å². The highest BCUT2D eigenvalue weighted by Crippen LogP contribution is 2.15. The van der Waals surface area contributed by atoms with Crippen LogP contribution in [0.2, 0.25) is 5.02 Å². The fourth-order valence-electron chi connectivity index (χ4n) is 1.71. The van der Waals surface area contributed by atoms with Crippen molar-refractivity contribution in [2.75, 3.05) is 11.9 Å². The van der Waals surface area contributed by atoms with Gasteiger partial charge >= 0.3 is 0 Å². The van der Waals surface area contributed by atoms with E-state index >= 15 is 0 Å². The molecular formula is C15H18ClN3O. The summed E-state index contributed by atoms with van der Waals surface area (Å²) in [4.78, 5) is 8.59. The van der Waals surface area contributed by atoms with Crippen LogP contribution < -0.4 is 10.1 Å². The second-order valence-electron chi connectivity index (χ2n) is 4.47. The van der Waals surface area contributed by atoms with Crippen molar-refractivity contribution in [2.24, 2.45) is 0 Å². The molecule has 106 valence electrons. The van der Waals surface area contributed by atoms with Crippen molar-refractivity contribution in [3.8, 4) is 5.88 Å². The van der Waals surface area contributed by atoms with Gasteiger partial charge in [0.1, 0.15) is 11.6 Å². The van der Waals surface area contributed by atoms with Crippen LogP contribution in [0.25, 0.3) is 0 Å². The Bertz CT molecular complexity index is 558. The topological polar surface area (TPSA) is 47.0 Å². The molecule has 0 saturated carbocycles. The number of halogens is 1. The normalized spacial score (nSPS) is 10.3. The molecule has 2 rings (SSSR count). The number of benzene rings is 1. The molecule has 1 aromatic heterocycles. The summed E-state index contributed by atoms with van der Waals surface area (Å²) in [5, 5.41) is 4.00. The summed E-state index contributed by atoms with van der Waals surface area (Å²) < 4.78 is 5.54. The number of nitrogens with zero attached hydrogens (tertiary/aromatic N) is 2. The molecule has 1 aromatic carbocycles. The maximum absolute atomic E-state index is 5.86. The van der Waals surface area contributed by atoms with Crippen LogP contribution in [0.1, 0.15) is 24.7 Å². The van der Waals surface area contributed by atoms with Gasteiger partial charge in [0.25, 0.3) is 0 Å². The molecule has 0 fully saturated rings. The standard InChI is InChI=1S/C15H18ClN3O/c1-3-8-20-15-9-14(18-11(2)19-15)17-10-12-4-6-13(16)7-5-12/h4-7,9H,3,8,10H2,1-2H3,(H,17,18,19). The van der Waals surface area contributed by atoms with E-state index in [1.54, 1.807) is 0 Å². The van der Waals surface area contributed by atoms with Gasteiger partial charge in [-0.05, 0) is 31.0 Å². The van der Waals surface area contributed by atoms with Crippen LogP contribution in [0.3, 0.4) is 0 Å². The number of hydrogen-bond acceptors (Lipinski definition) is 4. The summed E-state index contributed by atoms with van der Waals surface area (Å²) in [7, 11) is 0. The van der Waals surface area contributed by atoms with E-state index < -0.39 is 0 Å². The minimum atomic E-state index is 0.609. The highest BCUT2D eigenvalue weighted by Gasteiger charge is 2.03. The maximum Gasteiger partial charge on any atom is 0.218 e. The van der Waals surface area contributed by atoms with Crippen LogP contribution in [-0.2, 0) is 6.54 Å². The zero-order chi connectivity index (χ0) is 14.4. The van der Waals surface area contributed by atoms with Crippen LogP contribution in [0.4, 0.5) is 5.82 Å². The van der Waals surface area contributed by atoms with Gasteiger partial charge in [0.05, 0.1) is 6.61 Å². The molecule has 0 bridgehead atoms. The van der Waals surface area contributed by atoms with Crippen molar-refractivity contribution in [1.29, 1.82) is 0 Å². The first kappa shape index (κ1) is 14.6. The third-order valence-corrected chi connectivity index (χ3v) is 2.91. The van der Waals surface area contributed by atoms with Gasteiger partial charge in [-0.2, -0.15) is 4.98 Å². The molecule has 0 aliphatic rings. The third-order valence-electron chi connectivity index (χ3n) is 2.66. The van der Waals surface area contributed by atoms with Crippen molar-refractivity contribution in [3.63, 3.8) is 0 Å². The van der Waals surface area contributed by atoms with Crippen molar-refractivity contribution >= 4 is 17.4 Å². The highest BCUT2D eigenvalue weighted by atomic mass is 35.5. The molecule has 0 radical (unpaired) electrons. The number of ether oxygens (including phenoxy) is 1. The van der Waals surface area contributed by atoms with Gasteiger partial charge in [-0.3, -0.25) is 0 Å². The van der Waals surface area contributed by atoms with Crippen molar-refractivity contribution in [3.05, 3.63) is 46.7 Å². The zero-order valence-corrected chi connectivity index (χ0v) is 12.4. The minimum absolute atomic E-state index is 0.609. The smallest absolute Gasteiger partial charge is 0.218 e. The summed E-state index contributed by atoms with van der Waals surface area (Å²) >= 11 is 5.86. The molecule has 1 N–H and O–H groups in total. The first-order valence-electron chi connectivity index (χ1n) is 6.64. The predicted octanol–water partition coefficient (Wildman–Crippen LogP) is 3.84. The quantitative estimate of drug-likeness (QED) is 0.878. The SMILES string of the molecule is CCCOc1cc(NCc2ccc(Cl)cc2)nc(C)n1. The Labute approximate surface area is 124 Å². The Morgan fingerprint density at radius 1 is 1.20 bits per heavy atom. The van der Waals surface area contributed by atoms with Crippen LogP contribution in [0.5, 0.6) is 5.88 Å². The molecule has 20 heavy (non-hydrogen) atoms. The first-order valence-corrected chi connectivity index (χ1v) is 7.02. The lowest BCUT2D eigenvalue weighted by Gasteiger charge is -2.09. The molecule has 0 atom stereocenters. The van der Waals surface area contributed by atoms with E-state index in [2.05, 4.69) is 22.2 Å². The van der Waals surface area contributed by atoms with Gasteiger partial charge in [0.2, 0.25) is 5.88 Å². The highest BCUT2D eigenvalue weighted by molar-refractivity contribution is 6.30. The summed E-state index contributed by atoms with van der Waals surface area (Å²) in [6.45, 7) is 5.26. The van der Waals surface area contributed by atoms with Crippen molar-refractivity contribution < 1.29 is 4.74 Å². The average molecular weight is 292 g/mol. The Morgan fingerprint density at radius 2 is 1.95 bits per heavy atom. The molecule has 0 aliphatic heterocycles. The lowest BCUT2D eigenvalue weighted by atomic mass is 10.2. The second kappa shape index (κ2) is 7.10. The third kappa shape index (κ3) is 4.38. The molecule has 0 aliphatic carbocycles. The lowest BCUT2D eigenvalue weighted by molar-refractivity contribution is 0.304. The minimum Gasteiger partial charge on any atom is -0.478 e. The monoisotopic (exact) mass is 291 g/mol. The number of nitrogens with one attached hydrogen (secondary N) is 1. The number of aryl methyl sites for hydroxylation is 1. The van der Waals surface area contributed by atoms with Crippen LogP contribution in [0, 0.1) is 6.92 Å². The summed E-state index contributed by atoms with van der Waals surface area (Å²) in [5.41, 5.74) is 1.14. The molecule has 0 spiro atoms. The molecule has 2 aromatic rings. The zero-order valence-electron chi connectivity index (χ0n) is 11.7. The molecule has 0 saturated heterocycles. The summed E-state index contributed by atoms with van der Waals surface area (Å²) in [6.07, 6.45) is 0.955. The van der Waals surface area contributed by atoms with E-state index in [4.69, 9.17) is 16.3 Å². The number of anilines is 1. The van der Waals surface area contributed by atoms with Crippen LogP contribution >= 0.6 is 11.6 Å². The number of rotatable bonds is 6. The molecule has 0 unspecified atom stereocenters. The molecule has 4 nitrogen and oxygen atoms in total. The largest absolute Gasteiger partial charge is 0.478 e. The fourth-order valence-corrected chi connectivity index (χ4v) is 1.83.